The molecule has 2 aromatic rings. The Morgan fingerprint density at radius 2 is 1.80 bits per heavy atom. The van der Waals surface area contributed by atoms with Crippen molar-refractivity contribution in [2.45, 2.75) is 13.8 Å². The van der Waals surface area contributed by atoms with Crippen molar-refractivity contribution in [2.24, 2.45) is 0 Å². The second-order valence-electron chi connectivity index (χ2n) is 4.52. The van der Waals surface area contributed by atoms with Crippen molar-refractivity contribution in [3.63, 3.8) is 0 Å². The molecule has 1 amide bonds. The molecule has 0 aliphatic rings. The van der Waals surface area contributed by atoms with Gasteiger partial charge in [0.05, 0.1) is 10.7 Å². The molecule has 20 heavy (non-hydrogen) atoms. The molecule has 0 aliphatic carbocycles. The smallest absolute Gasteiger partial charge is 0.255 e. The van der Waals surface area contributed by atoms with Gasteiger partial charge >= 0.3 is 0 Å². The van der Waals surface area contributed by atoms with Crippen LogP contribution in [0.5, 0.6) is 0 Å². The zero-order valence-electron chi connectivity index (χ0n) is 10.9. The van der Waals surface area contributed by atoms with Gasteiger partial charge in [0.2, 0.25) is 0 Å². The SMILES string of the molecule is Cc1cc(C)c(NC(=O)c2ccc(Cl)c(Br)c2)c(Br)c1. The van der Waals surface area contributed by atoms with Crippen molar-refractivity contribution in [3.8, 4) is 0 Å². The molecule has 5 heteroatoms. The molecule has 1 N–H and O–H groups in total. The number of hydrogen-bond acceptors (Lipinski definition) is 1. The van der Waals surface area contributed by atoms with Crippen LogP contribution < -0.4 is 5.32 Å². The minimum absolute atomic E-state index is 0.171. The second-order valence-corrected chi connectivity index (χ2v) is 6.64. The summed E-state index contributed by atoms with van der Waals surface area (Å²) in [6.45, 7) is 3.98. The lowest BCUT2D eigenvalue weighted by molar-refractivity contribution is 0.102. The van der Waals surface area contributed by atoms with Crippen LogP contribution in [0.1, 0.15) is 21.5 Å². The lowest BCUT2D eigenvalue weighted by atomic mass is 10.1. The number of hydrogen-bond donors (Lipinski definition) is 1. The molecule has 2 rings (SSSR count). The quantitative estimate of drug-likeness (QED) is 0.664. The van der Waals surface area contributed by atoms with Gasteiger partial charge in [0.15, 0.2) is 0 Å². The van der Waals surface area contributed by atoms with Crippen molar-refractivity contribution in [3.05, 3.63) is 61.0 Å². The van der Waals surface area contributed by atoms with Crippen molar-refractivity contribution in [2.75, 3.05) is 5.32 Å². The van der Waals surface area contributed by atoms with Crippen LogP contribution in [0.3, 0.4) is 0 Å². The van der Waals surface area contributed by atoms with Crippen LogP contribution in [-0.2, 0) is 0 Å². The third-order valence-corrected chi connectivity index (χ3v) is 4.69. The van der Waals surface area contributed by atoms with Gasteiger partial charge in [0.1, 0.15) is 0 Å². The van der Waals surface area contributed by atoms with E-state index in [2.05, 4.69) is 37.2 Å². The molecule has 0 fully saturated rings. The highest BCUT2D eigenvalue weighted by Crippen LogP contribution is 2.29. The van der Waals surface area contributed by atoms with Crippen LogP contribution in [0.15, 0.2) is 39.3 Å². The van der Waals surface area contributed by atoms with Gasteiger partial charge in [-0.1, -0.05) is 17.7 Å². The van der Waals surface area contributed by atoms with E-state index in [0.717, 1.165) is 21.3 Å². The molecule has 0 bridgehead atoms. The standard InChI is InChI=1S/C15H12Br2ClNO/c1-8-5-9(2)14(12(17)6-8)19-15(20)10-3-4-13(18)11(16)7-10/h3-7H,1-2H3,(H,19,20). The van der Waals surface area contributed by atoms with Crippen LogP contribution in [0.2, 0.25) is 5.02 Å². The molecule has 2 aromatic carbocycles. The highest BCUT2D eigenvalue weighted by molar-refractivity contribution is 9.11. The number of aryl methyl sites for hydroxylation is 2. The molecule has 0 atom stereocenters. The number of carbonyl (C=O) groups excluding carboxylic acids is 1. The van der Waals surface area contributed by atoms with E-state index in [4.69, 9.17) is 11.6 Å². The molecule has 0 spiro atoms. The Kier molecular flexibility index (Phi) is 4.89. The van der Waals surface area contributed by atoms with Gasteiger partial charge in [-0.2, -0.15) is 0 Å². The largest absolute Gasteiger partial charge is 0.321 e. The summed E-state index contributed by atoms with van der Waals surface area (Å²) in [5.41, 5.74) is 3.49. The third kappa shape index (κ3) is 3.43. The Hall–Kier alpha value is -0.840. The first kappa shape index (κ1) is 15.5. The average Bonchev–Trinajstić information content (AvgIpc) is 2.36. The Morgan fingerprint density at radius 3 is 2.40 bits per heavy atom. The van der Waals surface area contributed by atoms with E-state index in [0.29, 0.717) is 15.1 Å². The molecule has 0 aliphatic heterocycles. The summed E-state index contributed by atoms with van der Waals surface area (Å²) in [5.74, 6) is -0.171. The fourth-order valence-electron chi connectivity index (χ4n) is 1.90. The number of anilines is 1. The molecular formula is C15H12Br2ClNO. The lowest BCUT2D eigenvalue weighted by Gasteiger charge is -2.12. The first-order valence-corrected chi connectivity index (χ1v) is 7.88. The summed E-state index contributed by atoms with van der Waals surface area (Å²) in [4.78, 5) is 12.3. The van der Waals surface area contributed by atoms with Crippen LogP contribution in [-0.4, -0.2) is 5.91 Å². The van der Waals surface area contributed by atoms with E-state index in [1.165, 1.54) is 0 Å². The fourth-order valence-corrected chi connectivity index (χ4v) is 3.17. The van der Waals surface area contributed by atoms with E-state index in [1.807, 2.05) is 26.0 Å². The van der Waals surface area contributed by atoms with Crippen molar-refractivity contribution >= 4 is 55.1 Å². The highest BCUT2D eigenvalue weighted by Gasteiger charge is 2.12. The summed E-state index contributed by atoms with van der Waals surface area (Å²) in [5, 5.41) is 3.50. The molecular weight excluding hydrogens is 405 g/mol. The van der Waals surface area contributed by atoms with Crippen molar-refractivity contribution in [1.82, 2.24) is 0 Å². The Bertz CT molecular complexity index is 663. The Morgan fingerprint density at radius 1 is 1.10 bits per heavy atom. The van der Waals surface area contributed by atoms with E-state index in [1.54, 1.807) is 18.2 Å². The first-order valence-electron chi connectivity index (χ1n) is 5.91. The number of halogens is 3. The normalized spacial score (nSPS) is 10.4. The summed E-state index contributed by atoms with van der Waals surface area (Å²) >= 11 is 12.7. The van der Waals surface area contributed by atoms with Gasteiger partial charge in [-0.15, -0.1) is 0 Å². The lowest BCUT2D eigenvalue weighted by Crippen LogP contribution is -2.13. The zero-order chi connectivity index (χ0) is 14.9. The molecule has 0 saturated heterocycles. The summed E-state index contributed by atoms with van der Waals surface area (Å²) in [7, 11) is 0. The van der Waals surface area contributed by atoms with Crippen molar-refractivity contribution in [1.29, 1.82) is 0 Å². The topological polar surface area (TPSA) is 29.1 Å². The first-order chi connectivity index (χ1) is 9.38. The fraction of sp³-hybridized carbons (Fsp3) is 0.133. The van der Waals surface area contributed by atoms with Gasteiger partial charge in [0.25, 0.3) is 5.91 Å². The average molecular weight is 418 g/mol. The molecule has 0 aromatic heterocycles. The number of rotatable bonds is 2. The predicted octanol–water partition coefficient (Wildman–Crippen LogP) is 5.73. The monoisotopic (exact) mass is 415 g/mol. The summed E-state index contributed by atoms with van der Waals surface area (Å²) < 4.78 is 1.57. The maximum atomic E-state index is 12.3. The summed E-state index contributed by atoms with van der Waals surface area (Å²) in [6.07, 6.45) is 0. The predicted molar refractivity (Wildman–Crippen MR) is 90.7 cm³/mol. The molecule has 0 unspecified atom stereocenters. The van der Waals surface area contributed by atoms with Crippen LogP contribution in [0.25, 0.3) is 0 Å². The van der Waals surface area contributed by atoms with Gasteiger partial charge in [-0.05, 0) is 81.1 Å². The molecule has 104 valence electrons. The van der Waals surface area contributed by atoms with Crippen molar-refractivity contribution < 1.29 is 4.79 Å². The number of carbonyl (C=O) groups is 1. The Balaban J connectivity index is 2.30. The Labute approximate surface area is 139 Å². The number of benzene rings is 2. The minimum atomic E-state index is -0.171. The molecule has 0 heterocycles. The zero-order valence-corrected chi connectivity index (χ0v) is 14.9. The van der Waals surface area contributed by atoms with Crippen LogP contribution in [0.4, 0.5) is 5.69 Å². The van der Waals surface area contributed by atoms with E-state index in [9.17, 15) is 4.79 Å². The van der Waals surface area contributed by atoms with Gasteiger partial charge < -0.3 is 5.32 Å². The minimum Gasteiger partial charge on any atom is -0.321 e. The van der Waals surface area contributed by atoms with Gasteiger partial charge in [-0.3, -0.25) is 4.79 Å². The number of amides is 1. The maximum Gasteiger partial charge on any atom is 0.255 e. The third-order valence-electron chi connectivity index (χ3n) is 2.85. The maximum absolute atomic E-state index is 12.3. The highest BCUT2D eigenvalue weighted by atomic mass is 79.9. The molecule has 0 saturated carbocycles. The number of nitrogens with one attached hydrogen (secondary N) is 1. The van der Waals surface area contributed by atoms with Gasteiger partial charge in [-0.25, -0.2) is 0 Å². The molecule has 0 radical (unpaired) electrons. The van der Waals surface area contributed by atoms with E-state index in [-0.39, 0.29) is 5.91 Å². The van der Waals surface area contributed by atoms with E-state index >= 15 is 0 Å². The second kappa shape index (κ2) is 6.29. The van der Waals surface area contributed by atoms with Gasteiger partial charge in [0, 0.05) is 14.5 Å². The van der Waals surface area contributed by atoms with E-state index < -0.39 is 0 Å². The summed E-state index contributed by atoms with van der Waals surface area (Å²) in [6, 6.07) is 9.09. The van der Waals surface area contributed by atoms with Crippen LogP contribution in [0, 0.1) is 13.8 Å². The van der Waals surface area contributed by atoms with Crippen LogP contribution >= 0.6 is 43.5 Å². The molecule has 2 nitrogen and oxygen atoms in total.